The second-order valence-electron chi connectivity index (χ2n) is 7.95. The molecule has 0 amide bonds. The van der Waals surface area contributed by atoms with Crippen LogP contribution in [0, 0.1) is 0 Å². The van der Waals surface area contributed by atoms with Crippen molar-refractivity contribution in [3.63, 3.8) is 0 Å². The number of rotatable bonds is 18. The zero-order valence-electron chi connectivity index (χ0n) is 18.2. The lowest BCUT2D eigenvalue weighted by atomic mass is 10.0. The molecule has 0 radical (unpaired) electrons. The maximum atomic E-state index is 12.6. The largest absolute Gasteiger partial charge is 0.297 e. The fourth-order valence-electron chi connectivity index (χ4n) is 3.54. The molecule has 0 aliphatic rings. The highest BCUT2D eigenvalue weighted by molar-refractivity contribution is 7.86. The van der Waals surface area contributed by atoms with E-state index in [9.17, 15) is 8.42 Å². The van der Waals surface area contributed by atoms with Gasteiger partial charge in [-0.1, -0.05) is 116 Å². The summed E-state index contributed by atoms with van der Waals surface area (Å²) in [6.07, 6.45) is 17.4. The smallest absolute Gasteiger partial charge is 0.263 e. The minimum absolute atomic E-state index is 0.188. The zero-order valence-corrected chi connectivity index (χ0v) is 19.0. The number of hydrogen-bond donors (Lipinski definition) is 0. The Morgan fingerprint density at radius 1 is 0.679 bits per heavy atom. The summed E-state index contributed by atoms with van der Waals surface area (Å²) >= 11 is 0. The Balaban J connectivity index is 2.45. The van der Waals surface area contributed by atoms with Crippen LogP contribution >= 0.6 is 0 Å². The van der Waals surface area contributed by atoms with E-state index in [-0.39, 0.29) is 11.0 Å². The Kier molecular flexibility index (Phi) is 14.4. The third-order valence-corrected chi connectivity index (χ3v) is 6.68. The molecule has 0 spiro atoms. The van der Waals surface area contributed by atoms with Crippen LogP contribution in [0.25, 0.3) is 0 Å². The fourth-order valence-corrected chi connectivity index (χ4v) is 4.70. The second kappa shape index (κ2) is 16.0. The van der Waals surface area contributed by atoms with Gasteiger partial charge in [0.2, 0.25) is 0 Å². The van der Waals surface area contributed by atoms with Crippen molar-refractivity contribution in [1.29, 1.82) is 0 Å². The molecular weight excluding hydrogens is 368 g/mol. The van der Waals surface area contributed by atoms with Crippen molar-refractivity contribution in [3.05, 3.63) is 30.3 Å². The quantitative estimate of drug-likeness (QED) is 0.184. The van der Waals surface area contributed by atoms with Crippen molar-refractivity contribution in [2.45, 2.75) is 121 Å². The van der Waals surface area contributed by atoms with Crippen LogP contribution in [-0.2, 0) is 14.3 Å². The molecule has 28 heavy (non-hydrogen) atoms. The van der Waals surface area contributed by atoms with Gasteiger partial charge in [0.1, 0.15) is 0 Å². The molecule has 0 heterocycles. The van der Waals surface area contributed by atoms with Gasteiger partial charge in [-0.25, -0.2) is 0 Å². The summed E-state index contributed by atoms with van der Waals surface area (Å²) in [5.74, 6) is 0. The van der Waals surface area contributed by atoms with Gasteiger partial charge in [0.15, 0.2) is 0 Å². The van der Waals surface area contributed by atoms with Gasteiger partial charge in [0, 0.05) is 0 Å². The lowest BCUT2D eigenvalue weighted by molar-refractivity contribution is 0.180. The predicted octanol–water partition coefficient (Wildman–Crippen LogP) is 7.65. The minimum atomic E-state index is -3.67. The van der Waals surface area contributed by atoms with Gasteiger partial charge >= 0.3 is 0 Å². The number of unbranched alkanes of at least 4 members (excludes halogenated alkanes) is 11. The van der Waals surface area contributed by atoms with Crippen LogP contribution < -0.4 is 0 Å². The molecule has 0 saturated carbocycles. The van der Waals surface area contributed by atoms with E-state index >= 15 is 0 Å². The standard InChI is InChI=1S/C24H42O3S/c1-3-5-7-9-11-13-16-20-23(19-15-12-10-8-6-4-2)27-28(25,26)24-21-17-14-18-22-24/h14,17-18,21-23H,3-13,15-16,19-20H2,1-2H3. The summed E-state index contributed by atoms with van der Waals surface area (Å²) in [7, 11) is -3.67. The maximum Gasteiger partial charge on any atom is 0.297 e. The Morgan fingerprint density at radius 2 is 1.11 bits per heavy atom. The summed E-state index contributed by atoms with van der Waals surface area (Å²) in [4.78, 5) is 0.266. The third kappa shape index (κ3) is 11.9. The van der Waals surface area contributed by atoms with Crippen molar-refractivity contribution in [2.24, 2.45) is 0 Å². The van der Waals surface area contributed by atoms with Crippen LogP contribution in [0.2, 0.25) is 0 Å². The molecule has 1 atom stereocenters. The maximum absolute atomic E-state index is 12.6. The average Bonchev–Trinajstić information content (AvgIpc) is 2.70. The topological polar surface area (TPSA) is 43.4 Å². The average molecular weight is 411 g/mol. The zero-order chi connectivity index (χ0) is 20.5. The number of hydrogen-bond acceptors (Lipinski definition) is 3. The highest BCUT2D eigenvalue weighted by Gasteiger charge is 2.21. The van der Waals surface area contributed by atoms with Gasteiger partial charge in [0.25, 0.3) is 10.1 Å². The van der Waals surface area contributed by atoms with Crippen molar-refractivity contribution >= 4 is 10.1 Å². The molecule has 1 aromatic rings. The summed E-state index contributed by atoms with van der Waals surface area (Å²) in [6.45, 7) is 4.46. The van der Waals surface area contributed by atoms with Gasteiger partial charge in [-0.3, -0.25) is 4.18 Å². The molecule has 4 heteroatoms. The first-order valence-corrected chi connectivity index (χ1v) is 13.0. The summed E-state index contributed by atoms with van der Waals surface area (Å²) < 4.78 is 30.9. The van der Waals surface area contributed by atoms with Crippen LogP contribution in [0.5, 0.6) is 0 Å². The summed E-state index contributed by atoms with van der Waals surface area (Å²) in [5.41, 5.74) is 0. The minimum Gasteiger partial charge on any atom is -0.263 e. The monoisotopic (exact) mass is 410 g/mol. The van der Waals surface area contributed by atoms with Gasteiger partial charge in [-0.05, 0) is 25.0 Å². The SMILES string of the molecule is CCCCCCCCCC(CCCCCCCC)OS(=O)(=O)c1ccccc1. The van der Waals surface area contributed by atoms with Crippen LogP contribution in [0.4, 0.5) is 0 Å². The van der Waals surface area contributed by atoms with Crippen LogP contribution in [0.1, 0.15) is 110 Å². The Bertz CT molecular complexity index is 569. The van der Waals surface area contributed by atoms with E-state index in [0.29, 0.717) is 0 Å². The molecule has 1 unspecified atom stereocenters. The highest BCUT2D eigenvalue weighted by Crippen LogP contribution is 2.22. The van der Waals surface area contributed by atoms with Gasteiger partial charge in [-0.15, -0.1) is 0 Å². The van der Waals surface area contributed by atoms with E-state index in [0.717, 1.165) is 25.7 Å². The van der Waals surface area contributed by atoms with Gasteiger partial charge in [-0.2, -0.15) is 8.42 Å². The lowest BCUT2D eigenvalue weighted by Gasteiger charge is -2.18. The summed E-state index contributed by atoms with van der Waals surface area (Å²) in [6, 6.07) is 8.55. The molecule has 0 aliphatic carbocycles. The van der Waals surface area contributed by atoms with Crippen molar-refractivity contribution in [1.82, 2.24) is 0 Å². The molecule has 0 N–H and O–H groups in total. The van der Waals surface area contributed by atoms with E-state index in [4.69, 9.17) is 4.18 Å². The highest BCUT2D eigenvalue weighted by atomic mass is 32.2. The summed E-state index contributed by atoms with van der Waals surface area (Å²) in [5, 5.41) is 0. The van der Waals surface area contributed by atoms with E-state index in [2.05, 4.69) is 13.8 Å². The van der Waals surface area contributed by atoms with E-state index in [1.165, 1.54) is 70.6 Å². The fraction of sp³-hybridized carbons (Fsp3) is 0.750. The Labute approximate surface area is 174 Å². The van der Waals surface area contributed by atoms with E-state index < -0.39 is 10.1 Å². The van der Waals surface area contributed by atoms with Crippen molar-refractivity contribution in [3.8, 4) is 0 Å². The van der Waals surface area contributed by atoms with Crippen LogP contribution in [0.3, 0.4) is 0 Å². The molecule has 1 aromatic carbocycles. The van der Waals surface area contributed by atoms with Gasteiger partial charge < -0.3 is 0 Å². The first-order chi connectivity index (χ1) is 13.6. The number of benzene rings is 1. The molecule has 1 rings (SSSR count). The Hall–Kier alpha value is -0.870. The molecule has 0 bridgehead atoms. The van der Waals surface area contributed by atoms with Crippen molar-refractivity contribution < 1.29 is 12.6 Å². The first-order valence-electron chi connectivity index (χ1n) is 11.6. The first kappa shape index (κ1) is 25.2. The van der Waals surface area contributed by atoms with Crippen LogP contribution in [0.15, 0.2) is 35.2 Å². The molecule has 0 aliphatic heterocycles. The van der Waals surface area contributed by atoms with E-state index in [1.54, 1.807) is 24.3 Å². The lowest BCUT2D eigenvalue weighted by Crippen LogP contribution is -2.19. The normalized spacial score (nSPS) is 12.9. The van der Waals surface area contributed by atoms with Crippen LogP contribution in [-0.4, -0.2) is 14.5 Å². The molecule has 3 nitrogen and oxygen atoms in total. The molecule has 0 saturated heterocycles. The predicted molar refractivity (Wildman–Crippen MR) is 119 cm³/mol. The van der Waals surface area contributed by atoms with Crippen molar-refractivity contribution in [2.75, 3.05) is 0 Å². The molecule has 0 aromatic heterocycles. The van der Waals surface area contributed by atoms with E-state index in [1.807, 2.05) is 6.07 Å². The molecule has 0 fully saturated rings. The molecular formula is C24H42O3S. The second-order valence-corrected chi connectivity index (χ2v) is 9.52. The molecule has 162 valence electrons. The van der Waals surface area contributed by atoms with Gasteiger partial charge in [0.05, 0.1) is 11.0 Å². The third-order valence-electron chi connectivity index (χ3n) is 5.30. The Morgan fingerprint density at radius 3 is 1.57 bits per heavy atom.